The molecule has 3 aromatic rings. The SMILES string of the molecule is CC(C)c1coc2cnc(C(C)Sc3nc(N)cc(C#N)n3)cc12. The van der Waals surface area contributed by atoms with Crippen LogP contribution in [0.2, 0.25) is 0 Å². The van der Waals surface area contributed by atoms with Gasteiger partial charge in [0.05, 0.1) is 23.4 Å². The van der Waals surface area contributed by atoms with Crippen molar-refractivity contribution in [2.45, 2.75) is 37.1 Å². The van der Waals surface area contributed by atoms with Crippen LogP contribution in [0.4, 0.5) is 5.82 Å². The number of thioether (sulfide) groups is 1. The second-order valence-electron chi connectivity index (χ2n) is 5.78. The van der Waals surface area contributed by atoms with E-state index in [1.54, 1.807) is 12.5 Å². The van der Waals surface area contributed by atoms with Crippen LogP contribution in [0.5, 0.6) is 0 Å². The van der Waals surface area contributed by atoms with E-state index in [-0.39, 0.29) is 16.8 Å². The molecule has 0 aliphatic rings. The van der Waals surface area contributed by atoms with Gasteiger partial charge < -0.3 is 10.2 Å². The molecule has 0 radical (unpaired) electrons. The molecule has 0 aliphatic heterocycles. The van der Waals surface area contributed by atoms with Crippen LogP contribution in [0.25, 0.3) is 11.0 Å². The lowest BCUT2D eigenvalue weighted by Gasteiger charge is -2.10. The number of furan rings is 1. The fourth-order valence-electron chi connectivity index (χ4n) is 2.41. The fourth-order valence-corrected chi connectivity index (χ4v) is 3.28. The van der Waals surface area contributed by atoms with E-state index in [9.17, 15) is 0 Å². The summed E-state index contributed by atoms with van der Waals surface area (Å²) in [5.41, 5.74) is 8.83. The van der Waals surface area contributed by atoms with Gasteiger partial charge in [-0.25, -0.2) is 9.97 Å². The molecule has 122 valence electrons. The summed E-state index contributed by atoms with van der Waals surface area (Å²) < 4.78 is 5.56. The average Bonchev–Trinajstić information content (AvgIpc) is 2.97. The quantitative estimate of drug-likeness (QED) is 0.565. The Morgan fingerprint density at radius 3 is 2.75 bits per heavy atom. The molecule has 0 saturated heterocycles. The molecule has 0 fully saturated rings. The first-order valence-electron chi connectivity index (χ1n) is 7.56. The first-order valence-corrected chi connectivity index (χ1v) is 8.44. The zero-order chi connectivity index (χ0) is 17.3. The lowest BCUT2D eigenvalue weighted by Crippen LogP contribution is -2.00. The topological polar surface area (TPSA) is 102 Å². The number of nitrogens with zero attached hydrogens (tertiary/aromatic N) is 4. The number of nitrogens with two attached hydrogens (primary N) is 1. The van der Waals surface area contributed by atoms with Gasteiger partial charge in [0.2, 0.25) is 0 Å². The second-order valence-corrected chi connectivity index (χ2v) is 7.09. The second kappa shape index (κ2) is 6.49. The van der Waals surface area contributed by atoms with Crippen molar-refractivity contribution in [2.24, 2.45) is 0 Å². The van der Waals surface area contributed by atoms with Crippen molar-refractivity contribution in [3.63, 3.8) is 0 Å². The Bertz CT molecular complexity index is 928. The predicted molar refractivity (Wildman–Crippen MR) is 93.5 cm³/mol. The van der Waals surface area contributed by atoms with Gasteiger partial charge in [-0.15, -0.1) is 0 Å². The third kappa shape index (κ3) is 3.19. The van der Waals surface area contributed by atoms with E-state index in [1.807, 2.05) is 19.1 Å². The number of aromatic nitrogens is 3. The van der Waals surface area contributed by atoms with Gasteiger partial charge in [-0.3, -0.25) is 4.98 Å². The Kier molecular flexibility index (Phi) is 4.40. The van der Waals surface area contributed by atoms with E-state index in [0.29, 0.717) is 11.1 Å². The summed E-state index contributed by atoms with van der Waals surface area (Å²) in [4.78, 5) is 12.8. The first-order chi connectivity index (χ1) is 11.5. The van der Waals surface area contributed by atoms with Gasteiger partial charge in [0.1, 0.15) is 17.6 Å². The molecule has 0 spiro atoms. The fraction of sp³-hybridized carbons (Fsp3) is 0.294. The monoisotopic (exact) mass is 339 g/mol. The third-order valence-electron chi connectivity index (χ3n) is 3.67. The minimum atomic E-state index is 0.0117. The summed E-state index contributed by atoms with van der Waals surface area (Å²) in [5.74, 6) is 0.663. The summed E-state index contributed by atoms with van der Waals surface area (Å²) >= 11 is 1.42. The van der Waals surface area contributed by atoms with E-state index in [4.69, 9.17) is 15.4 Å². The Morgan fingerprint density at radius 2 is 2.04 bits per heavy atom. The molecule has 6 nitrogen and oxygen atoms in total. The van der Waals surface area contributed by atoms with Crippen LogP contribution in [-0.2, 0) is 0 Å². The van der Waals surface area contributed by atoms with Crippen molar-refractivity contribution in [3.8, 4) is 6.07 Å². The average molecular weight is 339 g/mol. The molecule has 1 atom stereocenters. The summed E-state index contributed by atoms with van der Waals surface area (Å²) in [7, 11) is 0. The van der Waals surface area contributed by atoms with Crippen molar-refractivity contribution in [3.05, 3.63) is 41.5 Å². The first kappa shape index (κ1) is 16.3. The van der Waals surface area contributed by atoms with Crippen LogP contribution < -0.4 is 5.73 Å². The van der Waals surface area contributed by atoms with E-state index in [0.717, 1.165) is 22.2 Å². The number of rotatable bonds is 4. The van der Waals surface area contributed by atoms with Gasteiger partial charge >= 0.3 is 0 Å². The number of fused-ring (bicyclic) bond motifs is 1. The summed E-state index contributed by atoms with van der Waals surface area (Å²) in [5, 5.41) is 10.5. The van der Waals surface area contributed by atoms with Crippen molar-refractivity contribution >= 4 is 28.5 Å². The Morgan fingerprint density at radius 1 is 1.25 bits per heavy atom. The number of anilines is 1. The van der Waals surface area contributed by atoms with Crippen molar-refractivity contribution < 1.29 is 4.42 Å². The molecule has 24 heavy (non-hydrogen) atoms. The number of nitrogen functional groups attached to an aromatic ring is 1. The molecule has 3 heterocycles. The molecule has 3 aromatic heterocycles. The molecule has 3 rings (SSSR count). The number of pyridine rings is 1. The van der Waals surface area contributed by atoms with Gasteiger partial charge in [-0.05, 0) is 18.9 Å². The molecule has 7 heteroatoms. The highest BCUT2D eigenvalue weighted by molar-refractivity contribution is 7.99. The van der Waals surface area contributed by atoms with Crippen LogP contribution in [0.1, 0.15) is 48.9 Å². The number of nitriles is 1. The smallest absolute Gasteiger partial charge is 0.191 e. The molecule has 1 unspecified atom stereocenters. The maximum Gasteiger partial charge on any atom is 0.191 e. The predicted octanol–water partition coefficient (Wildman–Crippen LogP) is 4.05. The van der Waals surface area contributed by atoms with Crippen LogP contribution in [-0.4, -0.2) is 15.0 Å². The van der Waals surface area contributed by atoms with Gasteiger partial charge in [0.25, 0.3) is 0 Å². The summed E-state index contributed by atoms with van der Waals surface area (Å²) in [6.45, 7) is 6.28. The van der Waals surface area contributed by atoms with E-state index >= 15 is 0 Å². The zero-order valence-corrected chi connectivity index (χ0v) is 14.5. The highest BCUT2D eigenvalue weighted by Gasteiger charge is 2.16. The normalized spacial score (nSPS) is 12.5. The maximum atomic E-state index is 8.99. The van der Waals surface area contributed by atoms with E-state index in [1.165, 1.54) is 17.8 Å². The van der Waals surface area contributed by atoms with E-state index < -0.39 is 0 Å². The highest BCUT2D eigenvalue weighted by atomic mass is 32.2. The third-order valence-corrected chi connectivity index (χ3v) is 4.66. The van der Waals surface area contributed by atoms with Crippen molar-refractivity contribution in [1.29, 1.82) is 5.26 Å². The molecule has 0 aromatic carbocycles. The minimum absolute atomic E-state index is 0.0117. The van der Waals surface area contributed by atoms with Crippen LogP contribution in [0, 0.1) is 11.3 Å². The Labute approximate surface area is 144 Å². The lowest BCUT2D eigenvalue weighted by molar-refractivity contribution is 0.605. The van der Waals surface area contributed by atoms with E-state index in [2.05, 4.69) is 28.8 Å². The van der Waals surface area contributed by atoms with Gasteiger partial charge in [0, 0.05) is 17.0 Å². The van der Waals surface area contributed by atoms with Gasteiger partial charge in [-0.2, -0.15) is 5.26 Å². The standard InChI is InChI=1S/C17H17N5OS/c1-9(2)13-8-23-15-7-20-14(5-12(13)15)10(3)24-17-21-11(6-18)4-16(19)22-17/h4-5,7-10H,1-3H3,(H2,19,21,22). The molecular formula is C17H17N5OS. The lowest BCUT2D eigenvalue weighted by atomic mass is 10.0. The van der Waals surface area contributed by atoms with Gasteiger partial charge in [0.15, 0.2) is 10.7 Å². The molecule has 0 aliphatic carbocycles. The largest absolute Gasteiger partial charge is 0.462 e. The zero-order valence-electron chi connectivity index (χ0n) is 13.6. The molecule has 0 amide bonds. The highest BCUT2D eigenvalue weighted by Crippen LogP contribution is 2.35. The van der Waals surface area contributed by atoms with Crippen LogP contribution >= 0.6 is 11.8 Å². The molecule has 0 saturated carbocycles. The Balaban J connectivity index is 1.91. The van der Waals surface area contributed by atoms with Crippen LogP contribution in [0.3, 0.4) is 0 Å². The van der Waals surface area contributed by atoms with Crippen LogP contribution in [0.15, 0.2) is 34.2 Å². The van der Waals surface area contributed by atoms with Crippen molar-refractivity contribution in [2.75, 3.05) is 5.73 Å². The number of hydrogen-bond donors (Lipinski definition) is 1. The molecule has 0 bridgehead atoms. The van der Waals surface area contributed by atoms with Crippen molar-refractivity contribution in [1.82, 2.24) is 15.0 Å². The molecular weight excluding hydrogens is 322 g/mol. The Hall–Kier alpha value is -2.59. The molecule has 2 N–H and O–H groups in total. The number of hydrogen-bond acceptors (Lipinski definition) is 7. The minimum Gasteiger partial charge on any atom is -0.462 e. The summed E-state index contributed by atoms with van der Waals surface area (Å²) in [6.07, 6.45) is 3.54. The maximum absolute atomic E-state index is 8.99. The van der Waals surface area contributed by atoms with Gasteiger partial charge in [-0.1, -0.05) is 25.6 Å². The summed E-state index contributed by atoms with van der Waals surface area (Å²) in [6, 6.07) is 5.49.